The van der Waals surface area contributed by atoms with E-state index in [0.29, 0.717) is 23.0 Å². The van der Waals surface area contributed by atoms with Crippen molar-refractivity contribution in [2.75, 3.05) is 52.0 Å². The molecule has 0 atom stereocenters. The lowest BCUT2D eigenvalue weighted by Gasteiger charge is -2.12. The highest BCUT2D eigenvalue weighted by Crippen LogP contribution is 2.29. The molecule has 1 aromatic heterocycles. The van der Waals surface area contributed by atoms with Crippen LogP contribution in [0.2, 0.25) is 0 Å². The molecule has 1 heterocycles. The van der Waals surface area contributed by atoms with E-state index in [0.717, 1.165) is 19.5 Å². The second kappa shape index (κ2) is 9.57. The molecule has 140 valence electrons. The van der Waals surface area contributed by atoms with Crippen molar-refractivity contribution in [3.05, 3.63) is 36.0 Å². The zero-order valence-corrected chi connectivity index (χ0v) is 15.6. The van der Waals surface area contributed by atoms with Crippen LogP contribution in [-0.2, 0) is 0 Å². The quantitative estimate of drug-likeness (QED) is 0.663. The van der Waals surface area contributed by atoms with Crippen LogP contribution in [0.4, 0.5) is 11.5 Å². The van der Waals surface area contributed by atoms with Crippen LogP contribution in [0.1, 0.15) is 16.9 Å². The second-order valence-electron chi connectivity index (χ2n) is 5.91. The molecular formula is C18H25N5O3. The van der Waals surface area contributed by atoms with Crippen LogP contribution in [-0.4, -0.2) is 62.4 Å². The summed E-state index contributed by atoms with van der Waals surface area (Å²) in [4.78, 5) is 14.5. The number of carbonyl (C=O) groups is 1. The molecule has 0 radical (unpaired) electrons. The second-order valence-corrected chi connectivity index (χ2v) is 5.91. The molecule has 8 heteroatoms. The first kappa shape index (κ1) is 19.5. The Morgan fingerprint density at radius 2 is 1.92 bits per heavy atom. The molecule has 0 fully saturated rings. The van der Waals surface area contributed by atoms with Crippen molar-refractivity contribution in [2.24, 2.45) is 0 Å². The first-order valence-corrected chi connectivity index (χ1v) is 8.29. The van der Waals surface area contributed by atoms with Crippen molar-refractivity contribution >= 4 is 17.4 Å². The lowest BCUT2D eigenvalue weighted by molar-refractivity contribution is 0.102. The molecule has 0 aliphatic heterocycles. The molecule has 1 aromatic carbocycles. The fourth-order valence-electron chi connectivity index (χ4n) is 2.26. The average molecular weight is 359 g/mol. The van der Waals surface area contributed by atoms with Gasteiger partial charge < -0.3 is 25.0 Å². The summed E-state index contributed by atoms with van der Waals surface area (Å²) in [6.07, 6.45) is 0.993. The number of nitrogens with zero attached hydrogens (tertiary/aromatic N) is 3. The number of aromatic nitrogens is 2. The van der Waals surface area contributed by atoms with Crippen molar-refractivity contribution in [2.45, 2.75) is 6.42 Å². The Hall–Kier alpha value is -2.87. The van der Waals surface area contributed by atoms with E-state index in [1.165, 1.54) is 7.11 Å². The number of carbonyl (C=O) groups excluding carboxylic acids is 1. The predicted molar refractivity (Wildman–Crippen MR) is 101 cm³/mol. The van der Waals surface area contributed by atoms with Gasteiger partial charge in [-0.25, -0.2) is 0 Å². The minimum absolute atomic E-state index is 0.216. The van der Waals surface area contributed by atoms with E-state index < -0.39 is 0 Å². The molecule has 1 amide bonds. The molecule has 0 saturated carbocycles. The number of amides is 1. The van der Waals surface area contributed by atoms with Crippen LogP contribution < -0.4 is 20.1 Å². The molecule has 0 aliphatic carbocycles. The lowest BCUT2D eigenvalue weighted by Crippen LogP contribution is -2.17. The summed E-state index contributed by atoms with van der Waals surface area (Å²) in [5.41, 5.74) is 0.721. The third kappa shape index (κ3) is 5.59. The van der Waals surface area contributed by atoms with E-state index in [-0.39, 0.29) is 11.6 Å². The van der Waals surface area contributed by atoms with Crippen LogP contribution in [0.5, 0.6) is 11.5 Å². The summed E-state index contributed by atoms with van der Waals surface area (Å²) in [6, 6.07) is 8.53. The van der Waals surface area contributed by atoms with E-state index in [4.69, 9.17) is 9.47 Å². The molecule has 8 nitrogen and oxygen atoms in total. The van der Waals surface area contributed by atoms with E-state index in [2.05, 4.69) is 25.7 Å². The molecule has 2 N–H and O–H groups in total. The number of hydrogen-bond acceptors (Lipinski definition) is 7. The monoisotopic (exact) mass is 359 g/mol. The normalized spacial score (nSPS) is 10.5. The molecule has 0 bridgehead atoms. The largest absolute Gasteiger partial charge is 0.497 e. The number of hydrogen-bond donors (Lipinski definition) is 2. The molecule has 0 saturated heterocycles. The van der Waals surface area contributed by atoms with Crippen molar-refractivity contribution < 1.29 is 14.3 Å². The van der Waals surface area contributed by atoms with Crippen LogP contribution >= 0.6 is 0 Å². The van der Waals surface area contributed by atoms with Gasteiger partial charge in [0.15, 0.2) is 5.69 Å². The van der Waals surface area contributed by atoms with Crippen LogP contribution in [0.3, 0.4) is 0 Å². The third-order valence-corrected chi connectivity index (χ3v) is 3.64. The topological polar surface area (TPSA) is 88.6 Å². The number of nitrogens with one attached hydrogen (secondary N) is 2. The predicted octanol–water partition coefficient (Wildman–Crippen LogP) is 2.11. The Labute approximate surface area is 153 Å². The smallest absolute Gasteiger partial charge is 0.276 e. The van der Waals surface area contributed by atoms with Crippen LogP contribution in [0.15, 0.2) is 30.3 Å². The number of benzene rings is 1. The Morgan fingerprint density at radius 3 is 2.54 bits per heavy atom. The van der Waals surface area contributed by atoms with Crippen molar-refractivity contribution in [3.8, 4) is 11.5 Å². The Kier molecular flexibility index (Phi) is 7.16. The number of rotatable bonds is 9. The van der Waals surface area contributed by atoms with Gasteiger partial charge in [0, 0.05) is 12.6 Å². The average Bonchev–Trinajstić information content (AvgIpc) is 2.65. The summed E-state index contributed by atoms with van der Waals surface area (Å²) < 4.78 is 10.4. The van der Waals surface area contributed by atoms with Gasteiger partial charge in [0.05, 0.1) is 19.9 Å². The first-order chi connectivity index (χ1) is 12.5. The molecule has 0 aliphatic rings. The van der Waals surface area contributed by atoms with Gasteiger partial charge in [0.2, 0.25) is 0 Å². The zero-order valence-electron chi connectivity index (χ0n) is 15.6. The van der Waals surface area contributed by atoms with Gasteiger partial charge in [-0.1, -0.05) is 0 Å². The van der Waals surface area contributed by atoms with Gasteiger partial charge in [-0.15, -0.1) is 10.2 Å². The van der Waals surface area contributed by atoms with E-state index in [1.54, 1.807) is 37.4 Å². The van der Waals surface area contributed by atoms with E-state index in [1.807, 2.05) is 14.1 Å². The molecule has 2 rings (SSSR count). The fraction of sp³-hybridized carbons (Fsp3) is 0.389. The van der Waals surface area contributed by atoms with E-state index in [9.17, 15) is 4.79 Å². The minimum atomic E-state index is -0.372. The van der Waals surface area contributed by atoms with Gasteiger partial charge in [-0.2, -0.15) is 0 Å². The van der Waals surface area contributed by atoms with Crippen LogP contribution in [0, 0.1) is 0 Å². The zero-order chi connectivity index (χ0) is 18.9. The summed E-state index contributed by atoms with van der Waals surface area (Å²) in [5, 5.41) is 14.0. The highest BCUT2D eigenvalue weighted by molar-refractivity contribution is 6.03. The summed E-state index contributed by atoms with van der Waals surface area (Å²) in [5.74, 6) is 1.42. The highest BCUT2D eigenvalue weighted by Gasteiger charge is 2.12. The first-order valence-electron chi connectivity index (χ1n) is 8.29. The molecule has 26 heavy (non-hydrogen) atoms. The van der Waals surface area contributed by atoms with Crippen molar-refractivity contribution in [1.29, 1.82) is 0 Å². The van der Waals surface area contributed by atoms with Gasteiger partial charge in [-0.05, 0) is 51.3 Å². The maximum absolute atomic E-state index is 12.4. The highest BCUT2D eigenvalue weighted by atomic mass is 16.5. The van der Waals surface area contributed by atoms with E-state index >= 15 is 0 Å². The van der Waals surface area contributed by atoms with Crippen LogP contribution in [0.25, 0.3) is 0 Å². The lowest BCUT2D eigenvalue weighted by atomic mass is 10.2. The summed E-state index contributed by atoms with van der Waals surface area (Å²) in [6.45, 7) is 1.78. The molecule has 0 spiro atoms. The van der Waals surface area contributed by atoms with Gasteiger partial charge >= 0.3 is 0 Å². The molecule has 2 aromatic rings. The summed E-state index contributed by atoms with van der Waals surface area (Å²) in [7, 11) is 7.16. The number of methoxy groups -OCH3 is 2. The van der Waals surface area contributed by atoms with Crippen molar-refractivity contribution in [3.63, 3.8) is 0 Å². The maximum Gasteiger partial charge on any atom is 0.276 e. The number of ether oxygens (including phenoxy) is 2. The SMILES string of the molecule is COc1ccc(OC)c(NC(=O)c2ccc(NCCCN(C)C)nn2)c1. The standard InChI is InChI=1S/C18H25N5O3/c1-23(2)11-5-10-19-17-9-7-14(21-22-17)18(24)20-15-12-13(25-3)6-8-16(15)26-4/h6-9,12H,5,10-11H2,1-4H3,(H,19,22)(H,20,24). The third-order valence-electron chi connectivity index (χ3n) is 3.64. The van der Waals surface area contributed by atoms with Gasteiger partial charge in [0.1, 0.15) is 17.3 Å². The Bertz CT molecular complexity index is 719. The number of anilines is 2. The Balaban J connectivity index is 1.97. The maximum atomic E-state index is 12.4. The molecule has 0 unspecified atom stereocenters. The fourth-order valence-corrected chi connectivity index (χ4v) is 2.26. The van der Waals surface area contributed by atoms with Gasteiger partial charge in [-0.3, -0.25) is 4.79 Å². The van der Waals surface area contributed by atoms with Crippen molar-refractivity contribution in [1.82, 2.24) is 15.1 Å². The summed E-state index contributed by atoms with van der Waals surface area (Å²) >= 11 is 0. The minimum Gasteiger partial charge on any atom is -0.497 e. The molecular weight excluding hydrogens is 334 g/mol. The Morgan fingerprint density at radius 1 is 1.12 bits per heavy atom. The van der Waals surface area contributed by atoms with Gasteiger partial charge in [0.25, 0.3) is 5.91 Å².